The van der Waals surface area contributed by atoms with E-state index in [4.69, 9.17) is 9.47 Å². The van der Waals surface area contributed by atoms with Crippen molar-refractivity contribution in [1.82, 2.24) is 9.80 Å². The van der Waals surface area contributed by atoms with Gasteiger partial charge in [-0.15, -0.1) is 0 Å². The van der Waals surface area contributed by atoms with Crippen molar-refractivity contribution < 1.29 is 24.2 Å². The molecule has 0 spiro atoms. The number of likely N-dealkylation sites (N-methyl/N-ethyl adjacent to an activating group) is 1. The lowest BCUT2D eigenvalue weighted by molar-refractivity contribution is -0.140. The molecule has 200 valence electrons. The molecular weight excluding hydrogens is 468 g/mol. The Bertz CT molecular complexity index is 1120. The van der Waals surface area contributed by atoms with Crippen LogP contribution in [0.2, 0.25) is 0 Å². The molecule has 0 aliphatic carbocycles. The van der Waals surface area contributed by atoms with Crippen LogP contribution in [0.3, 0.4) is 0 Å². The van der Waals surface area contributed by atoms with Gasteiger partial charge in [0, 0.05) is 18.7 Å². The van der Waals surface area contributed by atoms with Crippen LogP contribution in [-0.4, -0.2) is 65.5 Å². The molecule has 1 N–H and O–H groups in total. The summed E-state index contributed by atoms with van der Waals surface area (Å²) in [5.74, 6) is -0.0123. The van der Waals surface area contributed by atoms with Crippen LogP contribution in [0.25, 0.3) is 5.76 Å². The van der Waals surface area contributed by atoms with Crippen LogP contribution in [0.5, 0.6) is 11.5 Å². The normalized spacial score (nSPS) is 17.2. The molecule has 1 aliphatic heterocycles. The number of rotatable bonds is 12. The lowest BCUT2D eigenvalue weighted by Gasteiger charge is -2.28. The van der Waals surface area contributed by atoms with Crippen molar-refractivity contribution in [3.05, 3.63) is 64.7 Å². The fraction of sp³-hybridized carbons (Fsp3) is 0.467. The van der Waals surface area contributed by atoms with Crippen LogP contribution in [0.4, 0.5) is 0 Å². The van der Waals surface area contributed by atoms with E-state index >= 15 is 0 Å². The van der Waals surface area contributed by atoms with Crippen LogP contribution < -0.4 is 9.47 Å². The maximum atomic E-state index is 13.3. The Morgan fingerprint density at radius 2 is 1.73 bits per heavy atom. The first-order chi connectivity index (χ1) is 17.7. The Labute approximate surface area is 220 Å². The van der Waals surface area contributed by atoms with Crippen molar-refractivity contribution in [3.63, 3.8) is 0 Å². The molecule has 1 atom stereocenters. The Hall–Kier alpha value is -3.32. The van der Waals surface area contributed by atoms with E-state index in [0.29, 0.717) is 31.0 Å². The monoisotopic (exact) mass is 508 g/mol. The van der Waals surface area contributed by atoms with Crippen molar-refractivity contribution in [2.75, 3.05) is 32.8 Å². The minimum atomic E-state index is -0.692. The summed E-state index contributed by atoms with van der Waals surface area (Å²) in [5.41, 5.74) is 2.16. The van der Waals surface area contributed by atoms with Crippen LogP contribution in [0.1, 0.15) is 63.8 Å². The zero-order valence-electron chi connectivity index (χ0n) is 22.9. The molecular formula is C30H40N2O5. The molecule has 0 aromatic heterocycles. The second-order valence-electron chi connectivity index (χ2n) is 9.58. The first-order valence-corrected chi connectivity index (χ1v) is 13.2. The highest BCUT2D eigenvalue weighted by atomic mass is 16.5. The summed E-state index contributed by atoms with van der Waals surface area (Å²) in [6.45, 7) is 15.3. The third-order valence-corrected chi connectivity index (χ3v) is 6.57. The summed E-state index contributed by atoms with van der Waals surface area (Å²) >= 11 is 0. The Morgan fingerprint density at radius 1 is 1.05 bits per heavy atom. The number of Topliss-reactive ketones (excluding diaryl/α,β-unsaturated/α-hetero) is 1. The van der Waals surface area contributed by atoms with Crippen LogP contribution in [0, 0.1) is 6.92 Å². The molecule has 1 heterocycles. The molecule has 2 aromatic carbocycles. The number of carbonyl (C=O) groups excluding carboxylic acids is 2. The molecule has 7 heteroatoms. The molecule has 1 saturated heterocycles. The van der Waals surface area contributed by atoms with Gasteiger partial charge in [0.1, 0.15) is 17.3 Å². The Kier molecular flexibility index (Phi) is 9.75. The van der Waals surface area contributed by atoms with Gasteiger partial charge >= 0.3 is 0 Å². The summed E-state index contributed by atoms with van der Waals surface area (Å²) in [6.07, 6.45) is 0.909. The average Bonchev–Trinajstić information content (AvgIpc) is 3.14. The van der Waals surface area contributed by atoms with Gasteiger partial charge in [-0.05, 0) is 81.7 Å². The molecule has 0 bridgehead atoms. The zero-order valence-corrected chi connectivity index (χ0v) is 22.9. The molecule has 2 aromatic rings. The van der Waals surface area contributed by atoms with Crippen LogP contribution in [-0.2, 0) is 9.59 Å². The number of amides is 1. The minimum absolute atomic E-state index is 0.0126. The summed E-state index contributed by atoms with van der Waals surface area (Å²) in [7, 11) is 0. The van der Waals surface area contributed by atoms with E-state index in [9.17, 15) is 14.7 Å². The number of nitrogens with zero attached hydrogens (tertiary/aromatic N) is 2. The number of benzene rings is 2. The first kappa shape index (κ1) is 28.3. The second kappa shape index (κ2) is 12.8. The lowest BCUT2D eigenvalue weighted by atomic mass is 9.94. The number of carbonyl (C=O) groups is 2. The third-order valence-electron chi connectivity index (χ3n) is 6.57. The van der Waals surface area contributed by atoms with Gasteiger partial charge in [-0.2, -0.15) is 0 Å². The van der Waals surface area contributed by atoms with Gasteiger partial charge in [0.15, 0.2) is 0 Å². The first-order valence-electron chi connectivity index (χ1n) is 13.2. The van der Waals surface area contributed by atoms with Crippen molar-refractivity contribution in [1.29, 1.82) is 0 Å². The summed E-state index contributed by atoms with van der Waals surface area (Å²) in [4.78, 5) is 30.4. The van der Waals surface area contributed by atoms with Gasteiger partial charge in [0.2, 0.25) is 0 Å². The van der Waals surface area contributed by atoms with E-state index in [0.717, 1.165) is 36.4 Å². The van der Waals surface area contributed by atoms with Gasteiger partial charge in [0.25, 0.3) is 11.7 Å². The van der Waals surface area contributed by atoms with E-state index in [-0.39, 0.29) is 17.4 Å². The van der Waals surface area contributed by atoms with Gasteiger partial charge in [-0.3, -0.25) is 9.59 Å². The highest BCUT2D eigenvalue weighted by molar-refractivity contribution is 6.46. The second-order valence-corrected chi connectivity index (χ2v) is 9.58. The molecule has 0 radical (unpaired) electrons. The summed E-state index contributed by atoms with van der Waals surface area (Å²) in [6, 6.07) is 12.0. The molecule has 1 amide bonds. The maximum Gasteiger partial charge on any atom is 0.295 e. The number of hydrogen-bond donors (Lipinski definition) is 1. The molecule has 37 heavy (non-hydrogen) atoms. The summed E-state index contributed by atoms with van der Waals surface area (Å²) < 4.78 is 11.5. The SMILES string of the molecule is CCCOc1ccc(C2C(=C(O)c3ccc(OC(C)C)c(C)c3)C(=O)C(=O)N2CCN(CC)CC)cc1. The van der Waals surface area contributed by atoms with Gasteiger partial charge in [-0.25, -0.2) is 0 Å². The van der Waals surface area contributed by atoms with Crippen LogP contribution in [0.15, 0.2) is 48.0 Å². The third kappa shape index (κ3) is 6.52. The largest absolute Gasteiger partial charge is 0.507 e. The summed E-state index contributed by atoms with van der Waals surface area (Å²) in [5, 5.41) is 11.4. The highest BCUT2D eigenvalue weighted by Crippen LogP contribution is 2.40. The Balaban J connectivity index is 2.06. The number of aliphatic hydroxyl groups is 1. The maximum absolute atomic E-state index is 13.3. The standard InChI is InChI=1S/C30H40N2O5/c1-7-18-36-24-13-10-22(11-14-24)27-26(29(34)30(35)32(27)17-16-31(8-2)9-3)28(33)23-12-15-25(21(6)19-23)37-20(4)5/h10-15,19-20,27,33H,7-9,16-18H2,1-6H3. The fourth-order valence-corrected chi connectivity index (χ4v) is 4.55. The van der Waals surface area contributed by atoms with Crippen LogP contribution >= 0.6 is 0 Å². The average molecular weight is 509 g/mol. The van der Waals surface area contributed by atoms with E-state index in [1.54, 1.807) is 23.1 Å². The molecule has 7 nitrogen and oxygen atoms in total. The smallest absolute Gasteiger partial charge is 0.295 e. The van der Waals surface area contributed by atoms with Gasteiger partial charge in [0.05, 0.1) is 24.3 Å². The van der Waals surface area contributed by atoms with E-state index in [1.807, 2.05) is 52.0 Å². The number of ether oxygens (including phenoxy) is 2. The van der Waals surface area contributed by atoms with Crippen molar-refractivity contribution in [2.24, 2.45) is 0 Å². The van der Waals surface area contributed by atoms with E-state index < -0.39 is 17.7 Å². The molecule has 1 unspecified atom stereocenters. The van der Waals surface area contributed by atoms with Crippen molar-refractivity contribution in [3.8, 4) is 11.5 Å². The fourth-order valence-electron chi connectivity index (χ4n) is 4.55. The molecule has 3 rings (SSSR count). The number of ketones is 1. The van der Waals surface area contributed by atoms with Crippen molar-refractivity contribution >= 4 is 17.4 Å². The Morgan fingerprint density at radius 3 is 2.30 bits per heavy atom. The highest BCUT2D eigenvalue weighted by Gasteiger charge is 2.46. The minimum Gasteiger partial charge on any atom is -0.507 e. The van der Waals surface area contributed by atoms with E-state index in [2.05, 4.69) is 18.7 Å². The molecule has 1 fully saturated rings. The van der Waals surface area contributed by atoms with Gasteiger partial charge < -0.3 is 24.4 Å². The topological polar surface area (TPSA) is 79.3 Å². The molecule has 0 saturated carbocycles. The number of likely N-dealkylation sites (tertiary alicyclic amines) is 1. The number of aryl methyl sites for hydroxylation is 1. The van der Waals surface area contributed by atoms with E-state index in [1.165, 1.54) is 0 Å². The lowest BCUT2D eigenvalue weighted by Crippen LogP contribution is -2.38. The predicted molar refractivity (Wildman–Crippen MR) is 146 cm³/mol. The quantitative estimate of drug-likeness (QED) is 0.237. The number of aliphatic hydroxyl groups excluding tert-OH is 1. The molecule has 1 aliphatic rings. The predicted octanol–water partition coefficient (Wildman–Crippen LogP) is 5.33. The zero-order chi connectivity index (χ0) is 27.1. The van der Waals surface area contributed by atoms with Gasteiger partial charge in [-0.1, -0.05) is 32.9 Å². The number of hydrogen-bond acceptors (Lipinski definition) is 6. The van der Waals surface area contributed by atoms with Crippen molar-refractivity contribution in [2.45, 2.75) is 60.1 Å².